The zero-order valence-electron chi connectivity index (χ0n) is 19.9. The van der Waals surface area contributed by atoms with E-state index in [2.05, 4.69) is 13.8 Å². The molecule has 2 aromatic carbocycles. The molecule has 0 saturated heterocycles. The number of allylic oxidation sites excluding steroid dienone is 2. The number of ether oxygens (including phenoxy) is 2. The molecule has 1 atom stereocenters. The fourth-order valence-corrected chi connectivity index (χ4v) is 6.01. The van der Waals surface area contributed by atoms with Crippen LogP contribution in [0.15, 0.2) is 63.5 Å². The summed E-state index contributed by atoms with van der Waals surface area (Å²) >= 11 is 7.45. The highest BCUT2D eigenvalue weighted by Crippen LogP contribution is 2.43. The summed E-state index contributed by atoms with van der Waals surface area (Å²) in [7, 11) is 3.14. The lowest BCUT2D eigenvalue weighted by atomic mass is 9.73. The molecule has 0 fully saturated rings. The van der Waals surface area contributed by atoms with E-state index in [1.54, 1.807) is 43.1 Å². The second-order valence-electron chi connectivity index (χ2n) is 9.52. The Hall–Kier alpha value is -3.16. The zero-order valence-corrected chi connectivity index (χ0v) is 21.5. The van der Waals surface area contributed by atoms with Crippen LogP contribution in [0.1, 0.15) is 43.9 Å². The second kappa shape index (κ2) is 8.81. The van der Waals surface area contributed by atoms with Gasteiger partial charge >= 0.3 is 0 Å². The Morgan fingerprint density at radius 1 is 1.09 bits per heavy atom. The van der Waals surface area contributed by atoms with E-state index in [0.717, 1.165) is 16.8 Å². The van der Waals surface area contributed by atoms with Crippen LogP contribution in [0.5, 0.6) is 11.5 Å². The van der Waals surface area contributed by atoms with Crippen molar-refractivity contribution in [3.63, 3.8) is 0 Å². The highest BCUT2D eigenvalue weighted by atomic mass is 35.5. The number of benzene rings is 2. The molecule has 1 aliphatic carbocycles. The first-order valence-electron chi connectivity index (χ1n) is 11.3. The van der Waals surface area contributed by atoms with Crippen LogP contribution in [0.4, 0.5) is 0 Å². The number of nitrogens with zero attached hydrogens (tertiary/aromatic N) is 2. The molecule has 1 aromatic heterocycles. The molecular formula is C27H25ClN2O4S. The van der Waals surface area contributed by atoms with Crippen LogP contribution in [-0.4, -0.2) is 24.6 Å². The van der Waals surface area contributed by atoms with Crippen molar-refractivity contribution in [1.82, 2.24) is 4.57 Å². The smallest absolute Gasteiger partial charge is 0.271 e. The van der Waals surface area contributed by atoms with Crippen molar-refractivity contribution >= 4 is 34.8 Å². The van der Waals surface area contributed by atoms with Gasteiger partial charge in [0.05, 0.1) is 30.5 Å². The van der Waals surface area contributed by atoms with E-state index in [1.807, 2.05) is 24.3 Å². The van der Waals surface area contributed by atoms with Crippen LogP contribution < -0.4 is 24.4 Å². The van der Waals surface area contributed by atoms with E-state index in [9.17, 15) is 9.59 Å². The van der Waals surface area contributed by atoms with E-state index in [0.29, 0.717) is 44.3 Å². The number of rotatable bonds is 4. The summed E-state index contributed by atoms with van der Waals surface area (Å²) in [5, 5.41) is 0.594. The Morgan fingerprint density at radius 3 is 2.51 bits per heavy atom. The Kier molecular flexibility index (Phi) is 5.93. The molecule has 0 N–H and O–H groups in total. The highest BCUT2D eigenvalue weighted by molar-refractivity contribution is 7.07. The van der Waals surface area contributed by atoms with Gasteiger partial charge in [-0.2, -0.15) is 0 Å². The maximum Gasteiger partial charge on any atom is 0.271 e. The van der Waals surface area contributed by atoms with Crippen molar-refractivity contribution in [2.24, 2.45) is 10.4 Å². The highest BCUT2D eigenvalue weighted by Gasteiger charge is 2.40. The predicted octanol–water partition coefficient (Wildman–Crippen LogP) is 4.28. The quantitative estimate of drug-likeness (QED) is 0.527. The third-order valence-electron chi connectivity index (χ3n) is 6.40. The first-order chi connectivity index (χ1) is 16.7. The standard InChI is InChI=1S/C27H25ClN2O4S/c1-27(2)13-18-22(19(31)14-27)23(15-8-10-17(28)11-9-15)30-25(32)21(35-26(30)29-18)12-16-6-5-7-20(33-3)24(16)34-4/h5-12,23H,13-14H2,1-4H3. The molecular weight excluding hydrogens is 484 g/mol. The van der Waals surface area contributed by atoms with E-state index in [4.69, 9.17) is 26.1 Å². The Labute approximate surface area is 211 Å². The van der Waals surface area contributed by atoms with Gasteiger partial charge in [-0.1, -0.05) is 61.1 Å². The lowest BCUT2D eigenvalue weighted by molar-refractivity contribution is -0.118. The van der Waals surface area contributed by atoms with Crippen LogP contribution in [0.25, 0.3) is 6.08 Å². The largest absolute Gasteiger partial charge is 0.493 e. The first kappa shape index (κ1) is 23.6. The number of hydrogen-bond donors (Lipinski definition) is 0. The van der Waals surface area contributed by atoms with Crippen LogP contribution in [0.2, 0.25) is 5.02 Å². The van der Waals surface area contributed by atoms with Gasteiger partial charge in [-0.15, -0.1) is 0 Å². The molecule has 1 aliphatic heterocycles. The van der Waals surface area contributed by atoms with Gasteiger partial charge < -0.3 is 9.47 Å². The zero-order chi connectivity index (χ0) is 24.9. The summed E-state index contributed by atoms with van der Waals surface area (Å²) in [5.74, 6) is 1.16. The van der Waals surface area contributed by atoms with Crippen molar-refractivity contribution in [2.45, 2.75) is 32.7 Å². The number of hydrogen-bond acceptors (Lipinski definition) is 6. The monoisotopic (exact) mass is 508 g/mol. The van der Waals surface area contributed by atoms with Crippen LogP contribution >= 0.6 is 22.9 Å². The van der Waals surface area contributed by atoms with Gasteiger partial charge in [0.15, 0.2) is 22.1 Å². The lowest BCUT2D eigenvalue weighted by Gasteiger charge is -2.35. The lowest BCUT2D eigenvalue weighted by Crippen LogP contribution is -2.42. The number of Topliss-reactive ketones (excluding diaryl/α,β-unsaturated/α-hetero) is 1. The van der Waals surface area contributed by atoms with Gasteiger partial charge in [0, 0.05) is 22.6 Å². The van der Waals surface area contributed by atoms with Gasteiger partial charge in [0.2, 0.25) is 0 Å². The summed E-state index contributed by atoms with van der Waals surface area (Å²) in [6.45, 7) is 4.15. The molecule has 0 bridgehead atoms. The average molecular weight is 509 g/mol. The van der Waals surface area contributed by atoms with Gasteiger partial charge in [-0.05, 0) is 41.7 Å². The maximum atomic E-state index is 13.8. The second-order valence-corrected chi connectivity index (χ2v) is 11.0. The topological polar surface area (TPSA) is 69.9 Å². The van der Waals surface area contributed by atoms with Crippen LogP contribution in [-0.2, 0) is 4.79 Å². The third kappa shape index (κ3) is 4.13. The molecule has 0 saturated carbocycles. The number of halogens is 1. The minimum atomic E-state index is -0.545. The van der Waals surface area contributed by atoms with E-state index in [-0.39, 0.29) is 16.8 Å². The molecule has 0 amide bonds. The third-order valence-corrected chi connectivity index (χ3v) is 7.64. The number of aromatic nitrogens is 1. The fourth-order valence-electron chi connectivity index (χ4n) is 4.88. The maximum absolute atomic E-state index is 13.8. The predicted molar refractivity (Wildman–Crippen MR) is 137 cm³/mol. The molecule has 8 heteroatoms. The van der Waals surface area contributed by atoms with Gasteiger partial charge in [0.1, 0.15) is 0 Å². The number of carbonyl (C=O) groups is 1. The number of carbonyl (C=O) groups excluding carboxylic acids is 1. The summed E-state index contributed by atoms with van der Waals surface area (Å²) in [5.41, 5.74) is 2.52. The van der Waals surface area contributed by atoms with Crippen molar-refractivity contribution in [3.05, 3.63) is 89.6 Å². The first-order valence-corrected chi connectivity index (χ1v) is 12.5. The fraction of sp³-hybridized carbons (Fsp3) is 0.296. The average Bonchev–Trinajstić information content (AvgIpc) is 3.11. The molecule has 0 radical (unpaired) electrons. The molecule has 1 unspecified atom stereocenters. The number of para-hydroxylation sites is 1. The Bertz CT molecular complexity index is 1550. The van der Waals surface area contributed by atoms with Crippen molar-refractivity contribution < 1.29 is 14.3 Å². The summed E-state index contributed by atoms with van der Waals surface area (Å²) < 4.78 is 13.1. The molecule has 6 nitrogen and oxygen atoms in total. The van der Waals surface area contributed by atoms with Crippen LogP contribution in [0.3, 0.4) is 0 Å². The molecule has 3 aromatic rings. The summed E-state index contributed by atoms with van der Waals surface area (Å²) in [4.78, 5) is 32.6. The normalized spacial score (nSPS) is 19.2. The summed E-state index contributed by atoms with van der Waals surface area (Å²) in [6, 6.07) is 12.3. The van der Waals surface area contributed by atoms with Gasteiger partial charge in [-0.3, -0.25) is 14.2 Å². The van der Waals surface area contributed by atoms with Gasteiger partial charge in [0.25, 0.3) is 5.56 Å². The van der Waals surface area contributed by atoms with Crippen molar-refractivity contribution in [3.8, 4) is 11.5 Å². The minimum Gasteiger partial charge on any atom is -0.493 e. The molecule has 2 aliphatic rings. The Balaban J connectivity index is 1.77. The SMILES string of the molecule is COc1cccc(C=c2sc3n(c2=O)C(c2ccc(Cl)cc2)C2=C(CC(C)(C)CC2=O)N=3)c1OC. The number of fused-ring (bicyclic) bond motifs is 1. The number of thiazole rings is 1. The summed E-state index contributed by atoms with van der Waals surface area (Å²) in [6.07, 6.45) is 2.88. The van der Waals surface area contributed by atoms with Gasteiger partial charge in [-0.25, -0.2) is 4.99 Å². The number of methoxy groups -OCH3 is 2. The molecule has 35 heavy (non-hydrogen) atoms. The minimum absolute atomic E-state index is 0.0312. The number of ketones is 1. The van der Waals surface area contributed by atoms with E-state index >= 15 is 0 Å². The van der Waals surface area contributed by atoms with Crippen LogP contribution in [0, 0.1) is 5.41 Å². The molecule has 0 spiro atoms. The van der Waals surface area contributed by atoms with Crippen molar-refractivity contribution in [1.29, 1.82) is 0 Å². The Morgan fingerprint density at radius 2 is 1.83 bits per heavy atom. The van der Waals surface area contributed by atoms with E-state index in [1.165, 1.54) is 11.3 Å². The molecule has 2 heterocycles. The molecule has 180 valence electrons. The van der Waals surface area contributed by atoms with E-state index < -0.39 is 6.04 Å². The van der Waals surface area contributed by atoms with Crippen molar-refractivity contribution in [2.75, 3.05) is 14.2 Å². The molecule has 5 rings (SSSR count).